The Bertz CT molecular complexity index is 1480. The first-order chi connectivity index (χ1) is 15.3. The lowest BCUT2D eigenvalue weighted by molar-refractivity contribution is 0.197. The van der Waals surface area contributed by atoms with Crippen molar-refractivity contribution in [2.45, 2.75) is 24.4 Å². The molecule has 2 aromatic carbocycles. The number of halogens is 1. The number of fused-ring (bicyclic) bond motifs is 2. The van der Waals surface area contributed by atoms with Crippen molar-refractivity contribution < 1.29 is 22.7 Å². The monoisotopic (exact) mass is 451 g/mol. The van der Waals surface area contributed by atoms with E-state index in [-0.39, 0.29) is 17.0 Å². The molecule has 1 unspecified atom stereocenters. The summed E-state index contributed by atoms with van der Waals surface area (Å²) >= 11 is 0. The number of sulfonamides is 1. The molecule has 3 heterocycles. The van der Waals surface area contributed by atoms with Crippen LogP contribution in [0.15, 0.2) is 71.9 Å². The van der Waals surface area contributed by atoms with Gasteiger partial charge in [0, 0.05) is 29.4 Å². The number of nitrogens with zero attached hydrogens (tertiary/aromatic N) is 3. The van der Waals surface area contributed by atoms with Crippen LogP contribution in [0, 0.1) is 5.82 Å². The zero-order valence-electron chi connectivity index (χ0n) is 16.9. The summed E-state index contributed by atoms with van der Waals surface area (Å²) in [5.41, 5.74) is 2.73. The van der Waals surface area contributed by atoms with E-state index < -0.39 is 28.0 Å². The van der Waals surface area contributed by atoms with Crippen LogP contribution in [-0.4, -0.2) is 33.5 Å². The summed E-state index contributed by atoms with van der Waals surface area (Å²) < 4.78 is 42.4. The van der Waals surface area contributed by atoms with Gasteiger partial charge in [0.15, 0.2) is 0 Å². The van der Waals surface area contributed by atoms with Crippen LogP contribution < -0.4 is 0 Å². The molecule has 0 amide bonds. The molecule has 32 heavy (non-hydrogen) atoms. The molecule has 4 aromatic rings. The first-order valence-electron chi connectivity index (χ1n) is 9.87. The zero-order chi connectivity index (χ0) is 22.6. The Balaban J connectivity index is 1.62. The van der Waals surface area contributed by atoms with Crippen molar-refractivity contribution in [1.82, 2.24) is 13.9 Å². The van der Waals surface area contributed by atoms with E-state index in [9.17, 15) is 22.7 Å². The minimum atomic E-state index is -3.70. The summed E-state index contributed by atoms with van der Waals surface area (Å²) in [7, 11) is -3.70. The van der Waals surface area contributed by atoms with E-state index in [0.29, 0.717) is 27.8 Å². The van der Waals surface area contributed by atoms with Crippen LogP contribution >= 0.6 is 0 Å². The Hall–Kier alpha value is -3.56. The molecule has 7 nitrogen and oxygen atoms in total. The van der Waals surface area contributed by atoms with Crippen LogP contribution in [0.5, 0.6) is 0 Å². The molecule has 1 aliphatic rings. The third-order valence-corrected chi connectivity index (χ3v) is 7.80. The fourth-order valence-electron chi connectivity index (χ4n) is 4.23. The number of benzene rings is 2. The molecule has 1 N–H and O–H groups in total. The van der Waals surface area contributed by atoms with Gasteiger partial charge in [-0.15, -0.1) is 0 Å². The summed E-state index contributed by atoms with van der Waals surface area (Å²) in [5, 5.41) is 10.1. The molecule has 0 aliphatic carbocycles. The molecular formula is C23H18FN3O4S. The van der Waals surface area contributed by atoms with Gasteiger partial charge in [-0.2, -0.15) is 4.31 Å². The lowest BCUT2D eigenvalue weighted by Gasteiger charge is -2.19. The second-order valence-corrected chi connectivity index (χ2v) is 9.52. The van der Waals surface area contributed by atoms with E-state index in [2.05, 4.69) is 4.98 Å². The lowest BCUT2D eigenvalue weighted by Crippen LogP contribution is -2.26. The second-order valence-electron chi connectivity index (χ2n) is 7.66. The van der Waals surface area contributed by atoms with E-state index in [1.54, 1.807) is 36.5 Å². The highest BCUT2D eigenvalue weighted by atomic mass is 32.2. The van der Waals surface area contributed by atoms with Crippen LogP contribution in [0.1, 0.15) is 24.2 Å². The number of rotatable bonds is 3. The molecular weight excluding hydrogens is 433 g/mol. The van der Waals surface area contributed by atoms with Crippen LogP contribution in [0.3, 0.4) is 0 Å². The maximum Gasteiger partial charge on any atom is 0.416 e. The molecule has 162 valence electrons. The van der Waals surface area contributed by atoms with Gasteiger partial charge < -0.3 is 5.11 Å². The van der Waals surface area contributed by atoms with Crippen molar-refractivity contribution >= 4 is 27.0 Å². The number of pyridine rings is 1. The highest BCUT2D eigenvalue weighted by Gasteiger charge is 2.40. The topological polar surface area (TPSA) is 92.5 Å². The van der Waals surface area contributed by atoms with Crippen molar-refractivity contribution in [3.8, 4) is 11.1 Å². The number of hydrogen-bond donors (Lipinski definition) is 1. The number of carbonyl (C=O) groups is 1. The zero-order valence-corrected chi connectivity index (χ0v) is 17.8. The van der Waals surface area contributed by atoms with E-state index in [1.807, 2.05) is 13.0 Å². The highest BCUT2D eigenvalue weighted by molar-refractivity contribution is 7.89. The maximum absolute atomic E-state index is 13.7. The Morgan fingerprint density at radius 1 is 1.16 bits per heavy atom. The molecule has 2 aromatic heterocycles. The molecule has 5 rings (SSSR count). The van der Waals surface area contributed by atoms with Crippen LogP contribution in [0.25, 0.3) is 22.0 Å². The molecule has 0 saturated heterocycles. The Morgan fingerprint density at radius 2 is 1.97 bits per heavy atom. The van der Waals surface area contributed by atoms with Gasteiger partial charge in [-0.3, -0.25) is 9.55 Å². The first kappa shape index (κ1) is 20.3. The van der Waals surface area contributed by atoms with E-state index >= 15 is 0 Å². The van der Waals surface area contributed by atoms with E-state index in [0.717, 1.165) is 4.57 Å². The Morgan fingerprint density at radius 3 is 2.69 bits per heavy atom. The predicted molar refractivity (Wildman–Crippen MR) is 116 cm³/mol. The summed E-state index contributed by atoms with van der Waals surface area (Å²) in [6.45, 7) is 1.96. The quantitative estimate of drug-likeness (QED) is 0.490. The summed E-state index contributed by atoms with van der Waals surface area (Å²) in [5.74, 6) is -0.538. The molecule has 0 spiro atoms. The smallest absolute Gasteiger partial charge is 0.416 e. The van der Waals surface area contributed by atoms with Crippen molar-refractivity contribution in [2.24, 2.45) is 0 Å². The SMILES string of the molecule is CC1c2cc(-c3cn(C(=O)O)c4cc(F)ccc34)ccc2S(=O)(=O)N1Cc1ccccn1. The molecule has 0 radical (unpaired) electrons. The third-order valence-electron chi connectivity index (χ3n) is 5.81. The van der Waals surface area contributed by atoms with E-state index in [1.165, 1.54) is 28.7 Å². The fourth-order valence-corrected chi connectivity index (χ4v) is 6.08. The summed E-state index contributed by atoms with van der Waals surface area (Å²) in [4.78, 5) is 16.1. The van der Waals surface area contributed by atoms with Crippen LogP contribution in [-0.2, 0) is 16.6 Å². The Kier molecular flexibility index (Phi) is 4.61. The normalized spacial score (nSPS) is 17.5. The number of carboxylic acid groups (broad SMARTS) is 1. The lowest BCUT2D eigenvalue weighted by atomic mass is 9.99. The van der Waals surface area contributed by atoms with Gasteiger partial charge in [-0.05, 0) is 60.5 Å². The van der Waals surface area contributed by atoms with Gasteiger partial charge in [-0.1, -0.05) is 12.1 Å². The maximum atomic E-state index is 13.7. The third kappa shape index (κ3) is 3.09. The molecule has 0 bridgehead atoms. The van der Waals surface area contributed by atoms with Crippen molar-refractivity contribution in [3.63, 3.8) is 0 Å². The standard InChI is InChI=1S/C23H18FN3O4S/c1-14-19-10-15(20-13-26(23(28)29)21-11-16(24)6-7-18(20)21)5-8-22(19)32(30,31)27(14)12-17-4-2-3-9-25-17/h2-11,13-14H,12H2,1H3,(H,28,29). The first-order valence-corrected chi connectivity index (χ1v) is 11.3. The molecule has 9 heteroatoms. The average molecular weight is 451 g/mol. The van der Waals surface area contributed by atoms with Crippen molar-refractivity contribution in [2.75, 3.05) is 0 Å². The average Bonchev–Trinajstić information content (AvgIpc) is 3.23. The predicted octanol–water partition coefficient (Wildman–Crippen LogP) is 4.63. The van der Waals surface area contributed by atoms with Crippen molar-refractivity contribution in [3.05, 3.63) is 84.1 Å². The van der Waals surface area contributed by atoms with Gasteiger partial charge >= 0.3 is 6.09 Å². The van der Waals surface area contributed by atoms with Crippen LogP contribution in [0.2, 0.25) is 0 Å². The second kappa shape index (κ2) is 7.25. The minimum absolute atomic E-state index is 0.145. The van der Waals surface area contributed by atoms with Crippen LogP contribution in [0.4, 0.5) is 9.18 Å². The summed E-state index contributed by atoms with van der Waals surface area (Å²) in [6, 6.07) is 13.8. The Labute approximate surface area is 183 Å². The van der Waals surface area contributed by atoms with Gasteiger partial charge in [-0.25, -0.2) is 17.6 Å². The number of hydrogen-bond acceptors (Lipinski definition) is 4. The highest BCUT2D eigenvalue weighted by Crippen LogP contribution is 2.43. The molecule has 1 aliphatic heterocycles. The molecule has 1 atom stereocenters. The largest absolute Gasteiger partial charge is 0.464 e. The molecule has 0 fully saturated rings. The van der Waals surface area contributed by atoms with Gasteiger partial charge in [0.2, 0.25) is 10.0 Å². The minimum Gasteiger partial charge on any atom is -0.464 e. The van der Waals surface area contributed by atoms with Gasteiger partial charge in [0.25, 0.3) is 0 Å². The summed E-state index contributed by atoms with van der Waals surface area (Å²) in [6.07, 6.45) is 1.81. The van der Waals surface area contributed by atoms with Crippen molar-refractivity contribution in [1.29, 1.82) is 0 Å². The van der Waals surface area contributed by atoms with Gasteiger partial charge in [0.05, 0.1) is 22.7 Å². The molecule has 0 saturated carbocycles. The fraction of sp³-hybridized carbons (Fsp3) is 0.130. The number of aromatic nitrogens is 2. The van der Waals surface area contributed by atoms with Gasteiger partial charge in [0.1, 0.15) is 5.82 Å². The van der Waals surface area contributed by atoms with E-state index in [4.69, 9.17) is 0 Å².